The molecule has 0 spiro atoms. The zero-order valence-corrected chi connectivity index (χ0v) is 9.89. The Kier molecular flexibility index (Phi) is 3.50. The van der Waals surface area contributed by atoms with E-state index in [9.17, 15) is 8.78 Å². The number of rotatable bonds is 4. The topological polar surface area (TPSA) is 63.7 Å². The Hall–Kier alpha value is -2.05. The van der Waals surface area contributed by atoms with Crippen molar-refractivity contribution in [3.05, 3.63) is 24.2 Å². The molecular weight excluding hydrogens is 242 g/mol. The molecule has 18 heavy (non-hydrogen) atoms. The van der Waals surface area contributed by atoms with Crippen LogP contribution < -0.4 is 4.74 Å². The largest absolute Gasteiger partial charge is 0.417 e. The highest BCUT2D eigenvalue weighted by Gasteiger charge is 2.11. The first-order valence-corrected chi connectivity index (χ1v) is 5.40. The molecule has 0 atom stereocenters. The summed E-state index contributed by atoms with van der Waals surface area (Å²) in [6, 6.07) is 3.01. The average molecular weight is 254 g/mol. The fraction of sp³-hybridized carbons (Fsp3) is 0.364. The van der Waals surface area contributed by atoms with E-state index >= 15 is 0 Å². The van der Waals surface area contributed by atoms with Crippen molar-refractivity contribution in [3.8, 4) is 17.3 Å². The Balaban J connectivity index is 2.26. The minimum absolute atomic E-state index is 0.154. The maximum atomic E-state index is 12.1. The van der Waals surface area contributed by atoms with Crippen molar-refractivity contribution in [2.24, 2.45) is 0 Å². The summed E-state index contributed by atoms with van der Waals surface area (Å²) in [5.41, 5.74) is 0.573. The van der Waals surface area contributed by atoms with Gasteiger partial charge < -0.3 is 4.74 Å². The summed E-state index contributed by atoms with van der Waals surface area (Å²) in [5.74, 6) is 1.22. The summed E-state index contributed by atoms with van der Waals surface area (Å²) in [7, 11) is 0. The van der Waals surface area contributed by atoms with Gasteiger partial charge in [-0.05, 0) is 6.07 Å². The molecule has 0 fully saturated rings. The first kappa shape index (κ1) is 12.4. The summed E-state index contributed by atoms with van der Waals surface area (Å²) in [4.78, 5) is 7.94. The van der Waals surface area contributed by atoms with E-state index in [1.54, 1.807) is 6.07 Å². The van der Waals surface area contributed by atoms with Crippen molar-refractivity contribution in [2.45, 2.75) is 26.4 Å². The fourth-order valence-electron chi connectivity index (χ4n) is 1.37. The second-order valence-electron chi connectivity index (χ2n) is 3.96. The standard InChI is InChI=1S/C11H12F2N4O/c1-6(2)9-15-10(17-16-9)7-3-4-14-8(5-7)18-11(12)13/h3-6,11H,1-2H3,(H,15,16,17). The lowest BCUT2D eigenvalue weighted by Crippen LogP contribution is -2.03. The summed E-state index contributed by atoms with van der Waals surface area (Å²) in [5, 5.41) is 6.81. The Morgan fingerprint density at radius 1 is 1.33 bits per heavy atom. The molecule has 0 amide bonds. The van der Waals surface area contributed by atoms with Crippen LogP contribution in [0.15, 0.2) is 18.3 Å². The molecule has 2 aromatic rings. The monoisotopic (exact) mass is 254 g/mol. The first-order chi connectivity index (χ1) is 8.56. The SMILES string of the molecule is CC(C)c1nc(-c2ccnc(OC(F)F)c2)n[nH]1. The van der Waals surface area contributed by atoms with E-state index in [1.807, 2.05) is 13.8 Å². The molecule has 7 heteroatoms. The Labute approximate surface area is 102 Å². The van der Waals surface area contributed by atoms with Crippen LogP contribution in [0.2, 0.25) is 0 Å². The third kappa shape index (κ3) is 2.79. The fourth-order valence-corrected chi connectivity index (χ4v) is 1.37. The van der Waals surface area contributed by atoms with Crippen molar-refractivity contribution >= 4 is 0 Å². The van der Waals surface area contributed by atoms with Gasteiger partial charge in [0, 0.05) is 23.7 Å². The highest BCUT2D eigenvalue weighted by molar-refractivity contribution is 5.55. The maximum Gasteiger partial charge on any atom is 0.388 e. The maximum absolute atomic E-state index is 12.1. The van der Waals surface area contributed by atoms with Gasteiger partial charge in [0.05, 0.1) is 0 Å². The Morgan fingerprint density at radius 3 is 2.72 bits per heavy atom. The lowest BCUT2D eigenvalue weighted by atomic mass is 10.2. The van der Waals surface area contributed by atoms with Crippen LogP contribution in [0.1, 0.15) is 25.6 Å². The number of ether oxygens (including phenoxy) is 1. The Bertz CT molecular complexity index is 527. The minimum Gasteiger partial charge on any atom is -0.417 e. The summed E-state index contributed by atoms with van der Waals surface area (Å²) >= 11 is 0. The van der Waals surface area contributed by atoms with Gasteiger partial charge in [-0.2, -0.15) is 13.9 Å². The van der Waals surface area contributed by atoms with Crippen molar-refractivity contribution in [2.75, 3.05) is 0 Å². The summed E-state index contributed by atoms with van der Waals surface area (Å²) in [6.45, 7) is 1.05. The number of aromatic nitrogens is 4. The molecule has 0 saturated carbocycles. The second kappa shape index (κ2) is 5.07. The van der Waals surface area contributed by atoms with Crippen LogP contribution in [0.4, 0.5) is 8.78 Å². The van der Waals surface area contributed by atoms with Crippen molar-refractivity contribution in [3.63, 3.8) is 0 Å². The number of aromatic amines is 1. The van der Waals surface area contributed by atoms with Crippen LogP contribution in [0, 0.1) is 0 Å². The van der Waals surface area contributed by atoms with E-state index < -0.39 is 6.61 Å². The van der Waals surface area contributed by atoms with Crippen LogP contribution in [0.25, 0.3) is 11.4 Å². The van der Waals surface area contributed by atoms with Gasteiger partial charge in [-0.25, -0.2) is 9.97 Å². The van der Waals surface area contributed by atoms with Crippen molar-refractivity contribution in [1.29, 1.82) is 0 Å². The van der Waals surface area contributed by atoms with Gasteiger partial charge in [0.15, 0.2) is 5.82 Å². The molecular formula is C11H12F2N4O. The molecule has 0 aliphatic rings. The number of nitrogens with one attached hydrogen (secondary N) is 1. The molecule has 0 aromatic carbocycles. The molecule has 1 N–H and O–H groups in total. The quantitative estimate of drug-likeness (QED) is 0.910. The number of halogens is 2. The molecule has 0 radical (unpaired) electrons. The summed E-state index contributed by atoms with van der Waals surface area (Å²) < 4.78 is 28.4. The van der Waals surface area contributed by atoms with Gasteiger partial charge in [0.1, 0.15) is 5.82 Å². The van der Waals surface area contributed by atoms with Gasteiger partial charge in [0.25, 0.3) is 0 Å². The van der Waals surface area contributed by atoms with Gasteiger partial charge in [0.2, 0.25) is 5.88 Å². The third-order valence-corrected chi connectivity index (χ3v) is 2.25. The zero-order valence-electron chi connectivity index (χ0n) is 9.89. The predicted molar refractivity (Wildman–Crippen MR) is 60.3 cm³/mol. The van der Waals surface area contributed by atoms with Crippen LogP contribution in [0.3, 0.4) is 0 Å². The van der Waals surface area contributed by atoms with Gasteiger partial charge in [-0.3, -0.25) is 5.10 Å². The van der Waals surface area contributed by atoms with Crippen molar-refractivity contribution < 1.29 is 13.5 Å². The molecule has 0 aliphatic carbocycles. The van der Waals surface area contributed by atoms with E-state index in [1.165, 1.54) is 12.3 Å². The smallest absolute Gasteiger partial charge is 0.388 e. The molecule has 5 nitrogen and oxygen atoms in total. The number of hydrogen-bond acceptors (Lipinski definition) is 4. The van der Waals surface area contributed by atoms with E-state index in [0.717, 1.165) is 5.82 Å². The molecule has 0 bridgehead atoms. The molecule has 0 saturated heterocycles. The van der Waals surface area contributed by atoms with E-state index in [4.69, 9.17) is 0 Å². The average Bonchev–Trinajstić information content (AvgIpc) is 2.77. The molecule has 96 valence electrons. The third-order valence-electron chi connectivity index (χ3n) is 2.25. The second-order valence-corrected chi connectivity index (χ2v) is 3.96. The highest BCUT2D eigenvalue weighted by atomic mass is 19.3. The minimum atomic E-state index is -2.90. The molecule has 2 heterocycles. The molecule has 0 unspecified atom stereocenters. The number of pyridine rings is 1. The lowest BCUT2D eigenvalue weighted by Gasteiger charge is -2.03. The highest BCUT2D eigenvalue weighted by Crippen LogP contribution is 2.21. The normalized spacial score (nSPS) is 11.2. The van der Waals surface area contributed by atoms with Gasteiger partial charge in [-0.1, -0.05) is 13.8 Å². The number of hydrogen-bond donors (Lipinski definition) is 1. The lowest BCUT2D eigenvalue weighted by molar-refractivity contribution is -0.0528. The number of alkyl halides is 2. The summed E-state index contributed by atoms with van der Waals surface area (Å²) in [6.07, 6.45) is 1.37. The van der Waals surface area contributed by atoms with Crippen LogP contribution in [-0.2, 0) is 0 Å². The van der Waals surface area contributed by atoms with Crippen LogP contribution in [0.5, 0.6) is 5.88 Å². The zero-order chi connectivity index (χ0) is 13.1. The van der Waals surface area contributed by atoms with Crippen LogP contribution in [-0.4, -0.2) is 26.8 Å². The van der Waals surface area contributed by atoms with E-state index in [2.05, 4.69) is 24.9 Å². The number of nitrogens with zero attached hydrogens (tertiary/aromatic N) is 3. The van der Waals surface area contributed by atoms with Gasteiger partial charge >= 0.3 is 6.61 Å². The molecule has 2 rings (SSSR count). The van der Waals surface area contributed by atoms with Gasteiger partial charge in [-0.15, -0.1) is 0 Å². The molecule has 0 aliphatic heterocycles. The van der Waals surface area contributed by atoms with E-state index in [-0.39, 0.29) is 11.8 Å². The van der Waals surface area contributed by atoms with Crippen LogP contribution >= 0.6 is 0 Å². The number of H-pyrrole nitrogens is 1. The van der Waals surface area contributed by atoms with Crippen molar-refractivity contribution in [1.82, 2.24) is 20.2 Å². The predicted octanol–water partition coefficient (Wildman–Crippen LogP) is 2.59. The van der Waals surface area contributed by atoms with E-state index in [0.29, 0.717) is 11.4 Å². The molecule has 2 aromatic heterocycles. The Morgan fingerprint density at radius 2 is 2.11 bits per heavy atom. The first-order valence-electron chi connectivity index (χ1n) is 5.40.